The highest BCUT2D eigenvalue weighted by Crippen LogP contribution is 2.46. The number of amides is 1. The van der Waals surface area contributed by atoms with E-state index < -0.39 is 17.5 Å². The maximum absolute atomic E-state index is 13.3. The molecule has 5 heterocycles. The summed E-state index contributed by atoms with van der Waals surface area (Å²) in [4.78, 5) is 42.5. The van der Waals surface area contributed by atoms with E-state index in [0.717, 1.165) is 5.56 Å². The van der Waals surface area contributed by atoms with Crippen LogP contribution in [0.1, 0.15) is 30.0 Å². The summed E-state index contributed by atoms with van der Waals surface area (Å²) in [7, 11) is 0. The number of carbonyl (C=O) groups excluding carboxylic acids is 2. The zero-order chi connectivity index (χ0) is 23.8. The summed E-state index contributed by atoms with van der Waals surface area (Å²) in [5.41, 5.74) is 6.43. The van der Waals surface area contributed by atoms with Crippen LogP contribution in [0.2, 0.25) is 0 Å². The summed E-state index contributed by atoms with van der Waals surface area (Å²) in [6.07, 6.45) is 0.0629. The molecule has 3 aromatic rings. The third-order valence-corrected chi connectivity index (χ3v) is 6.60. The summed E-state index contributed by atoms with van der Waals surface area (Å²) in [5, 5.41) is 14.4. The first-order valence-corrected chi connectivity index (χ1v) is 10.8. The number of halogens is 1. The third kappa shape index (κ3) is 3.12. The molecule has 6 rings (SSSR count). The van der Waals surface area contributed by atoms with E-state index in [1.807, 2.05) is 6.07 Å². The predicted molar refractivity (Wildman–Crippen MR) is 126 cm³/mol. The third-order valence-electron chi connectivity index (χ3n) is 6.60. The Hall–Kier alpha value is -3.67. The molecule has 0 saturated carbocycles. The molecule has 3 aliphatic heterocycles. The molecule has 0 aliphatic carbocycles. The molecule has 1 amide bonds. The lowest BCUT2D eigenvalue weighted by Crippen LogP contribution is -2.44. The van der Waals surface area contributed by atoms with Crippen LogP contribution < -0.4 is 26.1 Å². The van der Waals surface area contributed by atoms with Crippen molar-refractivity contribution in [2.45, 2.75) is 32.1 Å². The highest BCUT2D eigenvalue weighted by Gasteiger charge is 2.45. The van der Waals surface area contributed by atoms with Crippen molar-refractivity contribution in [1.82, 2.24) is 9.55 Å². The number of aromatic nitrogens is 2. The molecule has 1 unspecified atom stereocenters. The molecule has 3 aliphatic rings. The summed E-state index contributed by atoms with van der Waals surface area (Å²) in [6.45, 7) is 1.49. The van der Waals surface area contributed by atoms with Crippen molar-refractivity contribution in [1.29, 1.82) is 0 Å². The lowest BCUT2D eigenvalue weighted by Gasteiger charge is -2.31. The fourth-order valence-electron chi connectivity index (χ4n) is 4.80. The van der Waals surface area contributed by atoms with Gasteiger partial charge in [0.2, 0.25) is 12.7 Å². The number of hydrogen-bond acceptors (Lipinski definition) is 9. The molecule has 0 spiro atoms. The number of fused-ring (bicyclic) bond motifs is 6. The normalized spacial score (nSPS) is 18.9. The summed E-state index contributed by atoms with van der Waals surface area (Å²) < 4.78 is 17.7. The molecular weight excluding hydrogens is 480 g/mol. The molecule has 1 atom stereocenters. The maximum atomic E-state index is 13.3. The van der Waals surface area contributed by atoms with E-state index in [4.69, 9.17) is 24.9 Å². The van der Waals surface area contributed by atoms with E-state index in [9.17, 15) is 19.5 Å². The number of ether oxygens (including phenoxy) is 3. The van der Waals surface area contributed by atoms with Crippen LogP contribution in [0.15, 0.2) is 23.0 Å². The Balaban J connectivity index is 0.00000253. The zero-order valence-corrected chi connectivity index (χ0v) is 19.4. The van der Waals surface area contributed by atoms with Gasteiger partial charge < -0.3 is 34.9 Å². The molecule has 2 aromatic heterocycles. The summed E-state index contributed by atoms with van der Waals surface area (Å²) in [5.74, 6) is -0.356. The smallest absolute Gasteiger partial charge is 0.343 e. The fraction of sp³-hybridized carbons (Fsp3) is 0.304. The first-order chi connectivity index (χ1) is 16.4. The van der Waals surface area contributed by atoms with Gasteiger partial charge >= 0.3 is 5.97 Å². The molecule has 0 saturated heterocycles. The SMILES string of the molecule is CCC1(O)C(=O)OCc2c1cc1n(c2=O)Cc2cc3c(NC(=O)CN)c4c(cc3nc2-1)OCO4.Cl. The second-order valence-electron chi connectivity index (χ2n) is 8.40. The van der Waals surface area contributed by atoms with E-state index in [-0.39, 0.29) is 62.0 Å². The van der Waals surface area contributed by atoms with Crippen LogP contribution >= 0.6 is 12.4 Å². The highest BCUT2D eigenvalue weighted by molar-refractivity contribution is 6.06. The lowest BCUT2D eigenvalue weighted by molar-refractivity contribution is -0.172. The van der Waals surface area contributed by atoms with Gasteiger partial charge in [0.15, 0.2) is 17.1 Å². The van der Waals surface area contributed by atoms with Gasteiger partial charge in [0.25, 0.3) is 5.56 Å². The highest BCUT2D eigenvalue weighted by atomic mass is 35.5. The Bertz CT molecular complexity index is 1500. The second kappa shape index (κ2) is 7.94. The summed E-state index contributed by atoms with van der Waals surface area (Å²) in [6, 6.07) is 5.19. The van der Waals surface area contributed by atoms with Gasteiger partial charge in [-0.15, -0.1) is 12.4 Å². The number of pyridine rings is 2. The minimum absolute atomic E-state index is 0. The standard InChI is InChI=1S/C23H20N4O7.ClH/c1-2-23(31)13-4-15-18-10(7-27(15)21(29)12(13)8-32-22(23)30)3-11-14(25-18)5-16-20(34-9-33-16)19(11)26-17(28)6-24;/h3-5,31H,2,6-9,24H2,1H3,(H,26,28);1H. The number of benzene rings is 1. The van der Waals surface area contributed by atoms with Gasteiger partial charge in [-0.1, -0.05) is 6.92 Å². The van der Waals surface area contributed by atoms with Crippen LogP contribution in [-0.4, -0.2) is 39.9 Å². The number of anilines is 1. The maximum Gasteiger partial charge on any atom is 0.343 e. The van der Waals surface area contributed by atoms with Crippen molar-refractivity contribution in [2.75, 3.05) is 18.7 Å². The van der Waals surface area contributed by atoms with Crippen molar-refractivity contribution in [2.24, 2.45) is 5.73 Å². The Morgan fingerprint density at radius 2 is 2.06 bits per heavy atom. The van der Waals surface area contributed by atoms with E-state index in [1.165, 1.54) is 0 Å². The quantitative estimate of drug-likeness (QED) is 0.351. The van der Waals surface area contributed by atoms with E-state index in [1.54, 1.807) is 23.6 Å². The lowest BCUT2D eigenvalue weighted by atomic mass is 9.86. The van der Waals surface area contributed by atoms with Gasteiger partial charge in [0, 0.05) is 22.6 Å². The molecule has 12 heteroatoms. The molecule has 0 radical (unpaired) electrons. The van der Waals surface area contributed by atoms with Crippen LogP contribution in [0.25, 0.3) is 22.3 Å². The minimum atomic E-state index is -1.90. The number of carbonyl (C=O) groups is 2. The number of nitrogens with zero attached hydrogens (tertiary/aromatic N) is 2. The van der Waals surface area contributed by atoms with E-state index in [2.05, 4.69) is 5.32 Å². The average Bonchev–Trinajstić information content (AvgIpc) is 3.45. The van der Waals surface area contributed by atoms with Crippen molar-refractivity contribution in [3.63, 3.8) is 0 Å². The Labute approximate surface area is 204 Å². The van der Waals surface area contributed by atoms with E-state index >= 15 is 0 Å². The minimum Gasteiger partial charge on any atom is -0.458 e. The first-order valence-electron chi connectivity index (χ1n) is 10.8. The molecule has 182 valence electrons. The van der Waals surface area contributed by atoms with Gasteiger partial charge in [0.05, 0.1) is 41.2 Å². The number of rotatable bonds is 3. The number of aliphatic hydroxyl groups is 1. The predicted octanol–water partition coefficient (Wildman–Crippen LogP) is 1.13. The Morgan fingerprint density at radius 3 is 2.80 bits per heavy atom. The number of cyclic esters (lactones) is 1. The van der Waals surface area contributed by atoms with Crippen LogP contribution in [0.5, 0.6) is 11.5 Å². The van der Waals surface area contributed by atoms with Gasteiger partial charge in [-0.2, -0.15) is 0 Å². The molecule has 1 aromatic carbocycles. The average molecular weight is 501 g/mol. The number of esters is 1. The second-order valence-corrected chi connectivity index (χ2v) is 8.40. The van der Waals surface area contributed by atoms with Crippen molar-refractivity contribution >= 4 is 40.9 Å². The van der Waals surface area contributed by atoms with Crippen molar-refractivity contribution < 1.29 is 28.9 Å². The van der Waals surface area contributed by atoms with Crippen LogP contribution in [-0.2, 0) is 33.1 Å². The zero-order valence-electron chi connectivity index (χ0n) is 18.5. The molecule has 0 fully saturated rings. The van der Waals surface area contributed by atoms with Crippen LogP contribution in [0.4, 0.5) is 5.69 Å². The summed E-state index contributed by atoms with van der Waals surface area (Å²) >= 11 is 0. The van der Waals surface area contributed by atoms with Crippen molar-refractivity contribution in [3.8, 4) is 22.9 Å². The Kier molecular flexibility index (Phi) is 5.24. The van der Waals surface area contributed by atoms with Gasteiger partial charge in [0.1, 0.15) is 6.61 Å². The van der Waals surface area contributed by atoms with E-state index in [0.29, 0.717) is 39.5 Å². The monoisotopic (exact) mass is 500 g/mol. The first kappa shape index (κ1) is 23.1. The number of nitrogens with two attached hydrogens (primary N) is 1. The number of nitrogens with one attached hydrogen (secondary N) is 1. The molecular formula is C23H21ClN4O7. The largest absolute Gasteiger partial charge is 0.458 e. The van der Waals surface area contributed by atoms with Crippen LogP contribution in [0, 0.1) is 0 Å². The molecule has 11 nitrogen and oxygen atoms in total. The van der Waals surface area contributed by atoms with Crippen molar-refractivity contribution in [3.05, 3.63) is 45.2 Å². The topological polar surface area (TPSA) is 155 Å². The van der Waals surface area contributed by atoms with Gasteiger partial charge in [-0.25, -0.2) is 9.78 Å². The fourth-order valence-corrected chi connectivity index (χ4v) is 4.80. The molecule has 4 N–H and O–H groups in total. The van der Waals surface area contributed by atoms with Gasteiger partial charge in [-0.3, -0.25) is 9.59 Å². The van der Waals surface area contributed by atoms with Gasteiger partial charge in [-0.05, 0) is 18.6 Å². The molecule has 0 bridgehead atoms. The molecule has 35 heavy (non-hydrogen) atoms. The Morgan fingerprint density at radius 1 is 1.26 bits per heavy atom. The van der Waals surface area contributed by atoms with Crippen LogP contribution in [0.3, 0.4) is 0 Å². The number of hydrogen-bond donors (Lipinski definition) is 3.